The Morgan fingerprint density at radius 3 is 2.25 bits per heavy atom. The van der Waals surface area contributed by atoms with E-state index in [2.05, 4.69) is 0 Å². The molecular weight excluding hydrogens is 212 g/mol. The summed E-state index contributed by atoms with van der Waals surface area (Å²) in [6.07, 6.45) is 0.518. The first kappa shape index (κ1) is 14.9. The fourth-order valence-corrected chi connectivity index (χ4v) is 1.24. The molecule has 0 rings (SSSR count). The van der Waals surface area contributed by atoms with E-state index in [1.165, 1.54) is 0 Å². The normalized spacial score (nSPS) is 11.9. The second-order valence-electron chi connectivity index (χ2n) is 3.24. The van der Waals surface area contributed by atoms with E-state index in [1.807, 2.05) is 0 Å². The van der Waals surface area contributed by atoms with Crippen LogP contribution in [0, 0.1) is 5.92 Å². The Balaban J connectivity index is 4.18. The molecule has 0 aliphatic rings. The zero-order valence-electron chi connectivity index (χ0n) is 10.2. The molecule has 0 aliphatic heterocycles. The summed E-state index contributed by atoms with van der Waals surface area (Å²) < 4.78 is 14.6. The van der Waals surface area contributed by atoms with Crippen molar-refractivity contribution in [1.82, 2.24) is 0 Å². The molecular formula is C11H20O5. The predicted octanol–water partition coefficient (Wildman–Crippen LogP) is 1.16. The Kier molecular flexibility index (Phi) is 8.52. The number of hydrogen-bond donors (Lipinski definition) is 0. The van der Waals surface area contributed by atoms with Crippen LogP contribution in [0.4, 0.5) is 0 Å². The minimum Gasteiger partial charge on any atom is -0.466 e. The highest BCUT2D eigenvalue weighted by molar-refractivity contribution is 5.79. The molecule has 0 N–H and O–H groups in total. The molecule has 0 aromatic carbocycles. The molecule has 0 aromatic rings. The molecule has 5 heteroatoms. The molecule has 0 bridgehead atoms. The lowest BCUT2D eigenvalue weighted by Crippen LogP contribution is -2.23. The molecule has 0 radical (unpaired) electrons. The average Bonchev–Trinajstić information content (AvgIpc) is 2.24. The van der Waals surface area contributed by atoms with Gasteiger partial charge in [0.25, 0.3) is 0 Å². The minimum atomic E-state index is -0.473. The van der Waals surface area contributed by atoms with Gasteiger partial charge in [-0.3, -0.25) is 9.59 Å². The first-order valence-corrected chi connectivity index (χ1v) is 5.46. The van der Waals surface area contributed by atoms with E-state index in [-0.39, 0.29) is 18.4 Å². The van der Waals surface area contributed by atoms with Crippen LogP contribution in [0.1, 0.15) is 26.7 Å². The maximum absolute atomic E-state index is 11.5. The van der Waals surface area contributed by atoms with Gasteiger partial charge in [0.05, 0.1) is 25.6 Å². The molecule has 0 aromatic heterocycles. The molecule has 0 spiro atoms. The van der Waals surface area contributed by atoms with E-state index in [4.69, 9.17) is 14.2 Å². The van der Waals surface area contributed by atoms with Crippen LogP contribution in [0.25, 0.3) is 0 Å². The Morgan fingerprint density at radius 2 is 1.75 bits per heavy atom. The van der Waals surface area contributed by atoms with Gasteiger partial charge in [-0.1, -0.05) is 0 Å². The van der Waals surface area contributed by atoms with E-state index < -0.39 is 5.92 Å². The second-order valence-corrected chi connectivity index (χ2v) is 3.24. The third-order valence-corrected chi connectivity index (χ3v) is 2.01. The first-order chi connectivity index (χ1) is 7.65. The summed E-state index contributed by atoms with van der Waals surface area (Å²) in [5.41, 5.74) is 0. The molecule has 16 heavy (non-hydrogen) atoms. The molecule has 0 saturated heterocycles. The summed E-state index contributed by atoms with van der Waals surface area (Å²) in [6.45, 7) is 4.51. The molecule has 5 nitrogen and oxygen atoms in total. The third kappa shape index (κ3) is 6.40. The molecule has 1 atom stereocenters. The zero-order valence-corrected chi connectivity index (χ0v) is 10.2. The lowest BCUT2D eigenvalue weighted by molar-refractivity contribution is -0.155. The monoisotopic (exact) mass is 232 g/mol. The largest absolute Gasteiger partial charge is 0.466 e. The van der Waals surface area contributed by atoms with Crippen molar-refractivity contribution in [3.05, 3.63) is 0 Å². The summed E-state index contributed by atoms with van der Waals surface area (Å²) in [4.78, 5) is 22.8. The van der Waals surface area contributed by atoms with Crippen molar-refractivity contribution in [3.63, 3.8) is 0 Å². The highest BCUT2D eigenvalue weighted by atomic mass is 16.5. The number of carbonyl (C=O) groups is 2. The quantitative estimate of drug-likeness (QED) is 0.587. The van der Waals surface area contributed by atoms with Gasteiger partial charge in [0.1, 0.15) is 0 Å². The van der Waals surface area contributed by atoms with Gasteiger partial charge >= 0.3 is 11.9 Å². The van der Waals surface area contributed by atoms with E-state index in [9.17, 15) is 9.59 Å². The Hall–Kier alpha value is -1.10. The van der Waals surface area contributed by atoms with Crippen molar-refractivity contribution in [2.24, 2.45) is 5.92 Å². The van der Waals surface area contributed by atoms with E-state index in [0.717, 1.165) is 0 Å². The lowest BCUT2D eigenvalue weighted by Gasteiger charge is -2.14. The second kappa shape index (κ2) is 9.15. The standard InChI is InChI=1S/C11H20O5/c1-4-15-10(12)8-9(6-7-14-3)11(13)16-5-2/h9H,4-8H2,1-3H3. The minimum absolute atomic E-state index is 0.0516. The molecule has 0 amide bonds. The molecule has 0 aliphatic carbocycles. The maximum atomic E-state index is 11.5. The summed E-state index contributed by atoms with van der Waals surface area (Å²) in [5, 5.41) is 0. The summed E-state index contributed by atoms with van der Waals surface area (Å²) in [7, 11) is 1.55. The van der Waals surface area contributed by atoms with Gasteiger partial charge in [-0.2, -0.15) is 0 Å². The molecule has 0 saturated carbocycles. The van der Waals surface area contributed by atoms with E-state index in [0.29, 0.717) is 26.2 Å². The van der Waals surface area contributed by atoms with Crippen LogP contribution < -0.4 is 0 Å². The maximum Gasteiger partial charge on any atom is 0.309 e. The van der Waals surface area contributed by atoms with Gasteiger partial charge in [-0.25, -0.2) is 0 Å². The number of rotatable bonds is 8. The highest BCUT2D eigenvalue weighted by Gasteiger charge is 2.23. The third-order valence-electron chi connectivity index (χ3n) is 2.01. The molecule has 0 heterocycles. The number of methoxy groups -OCH3 is 1. The van der Waals surface area contributed by atoms with Crippen molar-refractivity contribution in [2.45, 2.75) is 26.7 Å². The smallest absolute Gasteiger partial charge is 0.309 e. The SMILES string of the molecule is CCOC(=O)CC(CCOC)C(=O)OCC. The topological polar surface area (TPSA) is 61.8 Å². The van der Waals surface area contributed by atoms with Gasteiger partial charge in [0.2, 0.25) is 0 Å². The van der Waals surface area contributed by atoms with E-state index in [1.54, 1.807) is 21.0 Å². The van der Waals surface area contributed by atoms with Crippen LogP contribution in [0.15, 0.2) is 0 Å². The Morgan fingerprint density at radius 1 is 1.12 bits per heavy atom. The molecule has 94 valence electrons. The number of carbonyl (C=O) groups excluding carboxylic acids is 2. The van der Waals surface area contributed by atoms with Gasteiger partial charge < -0.3 is 14.2 Å². The average molecular weight is 232 g/mol. The van der Waals surface area contributed by atoms with Crippen LogP contribution in [0.5, 0.6) is 0 Å². The highest BCUT2D eigenvalue weighted by Crippen LogP contribution is 2.12. The Labute approximate surface area is 96.1 Å². The fraction of sp³-hybridized carbons (Fsp3) is 0.818. The van der Waals surface area contributed by atoms with Crippen LogP contribution in [0.3, 0.4) is 0 Å². The van der Waals surface area contributed by atoms with Crippen molar-refractivity contribution in [1.29, 1.82) is 0 Å². The number of ether oxygens (including phenoxy) is 3. The first-order valence-electron chi connectivity index (χ1n) is 5.46. The van der Waals surface area contributed by atoms with Gasteiger partial charge in [0, 0.05) is 13.7 Å². The van der Waals surface area contributed by atoms with Gasteiger partial charge in [0.15, 0.2) is 0 Å². The lowest BCUT2D eigenvalue weighted by atomic mass is 10.0. The summed E-state index contributed by atoms with van der Waals surface area (Å²) in [5.74, 6) is -1.22. The van der Waals surface area contributed by atoms with E-state index >= 15 is 0 Å². The van der Waals surface area contributed by atoms with Crippen molar-refractivity contribution in [2.75, 3.05) is 26.9 Å². The summed E-state index contributed by atoms with van der Waals surface area (Å²) >= 11 is 0. The van der Waals surface area contributed by atoms with Crippen LogP contribution >= 0.6 is 0 Å². The van der Waals surface area contributed by atoms with Crippen molar-refractivity contribution in [3.8, 4) is 0 Å². The summed E-state index contributed by atoms with van der Waals surface area (Å²) in [6, 6.07) is 0. The fourth-order valence-electron chi connectivity index (χ4n) is 1.24. The Bertz CT molecular complexity index is 214. The van der Waals surface area contributed by atoms with Crippen molar-refractivity contribution < 1.29 is 23.8 Å². The molecule has 0 fully saturated rings. The number of esters is 2. The van der Waals surface area contributed by atoms with Crippen LogP contribution in [-0.4, -0.2) is 38.9 Å². The van der Waals surface area contributed by atoms with Crippen LogP contribution in [0.2, 0.25) is 0 Å². The van der Waals surface area contributed by atoms with Gasteiger partial charge in [-0.15, -0.1) is 0 Å². The zero-order chi connectivity index (χ0) is 12.4. The number of hydrogen-bond acceptors (Lipinski definition) is 5. The molecule has 1 unspecified atom stereocenters. The van der Waals surface area contributed by atoms with Crippen molar-refractivity contribution >= 4 is 11.9 Å². The van der Waals surface area contributed by atoms with Gasteiger partial charge in [-0.05, 0) is 20.3 Å². The predicted molar refractivity (Wildman–Crippen MR) is 57.9 cm³/mol. The van der Waals surface area contributed by atoms with Crippen LogP contribution in [-0.2, 0) is 23.8 Å².